The normalized spacial score (nSPS) is 14.5. The van der Waals surface area contributed by atoms with Crippen molar-refractivity contribution in [3.05, 3.63) is 58.3 Å². The van der Waals surface area contributed by atoms with Crippen molar-refractivity contribution >= 4 is 21.6 Å². The number of aliphatic hydroxyl groups is 1. The maximum atomic E-state index is 14.2. The minimum Gasteiger partial charge on any atom is -0.496 e. The zero-order valence-corrected chi connectivity index (χ0v) is 18.0. The first-order valence-corrected chi connectivity index (χ1v) is 9.99. The minimum absolute atomic E-state index is 0.0975. The highest BCUT2D eigenvalue weighted by Gasteiger charge is 2.39. The first kappa shape index (κ1) is 20.7. The van der Waals surface area contributed by atoms with Gasteiger partial charge in [0.05, 0.1) is 11.8 Å². The number of fused-ring (bicyclic) bond motifs is 1. The Kier molecular flexibility index (Phi) is 5.49. The fourth-order valence-corrected chi connectivity index (χ4v) is 4.39. The average Bonchev–Trinajstić information content (AvgIpc) is 3.06. The van der Waals surface area contributed by atoms with Gasteiger partial charge in [0.25, 0.3) is 0 Å². The first-order chi connectivity index (χ1) is 13.1. The summed E-state index contributed by atoms with van der Waals surface area (Å²) in [5, 5.41) is 12.4. The molecule has 3 aromatic rings. The average molecular weight is 403 g/mol. The molecule has 0 aliphatic heterocycles. The summed E-state index contributed by atoms with van der Waals surface area (Å²) in [5.41, 5.74) is 0.459. The van der Waals surface area contributed by atoms with Crippen LogP contribution in [-0.2, 0) is 11.0 Å². The van der Waals surface area contributed by atoms with Crippen LogP contribution in [0.15, 0.2) is 36.4 Å². The topological polar surface area (TPSA) is 45.6 Å². The van der Waals surface area contributed by atoms with Gasteiger partial charge in [-0.3, -0.25) is 0 Å². The smallest absolute Gasteiger partial charge is 0.157 e. The van der Waals surface area contributed by atoms with Gasteiger partial charge in [0.2, 0.25) is 0 Å². The minimum atomic E-state index is -1.44. The van der Waals surface area contributed by atoms with Crippen LogP contribution in [0.2, 0.25) is 0 Å². The van der Waals surface area contributed by atoms with Crippen LogP contribution in [-0.4, -0.2) is 42.7 Å². The van der Waals surface area contributed by atoms with Crippen molar-refractivity contribution in [2.24, 2.45) is 0 Å². The van der Waals surface area contributed by atoms with E-state index in [2.05, 4.69) is 25.8 Å². The van der Waals surface area contributed by atoms with Gasteiger partial charge < -0.3 is 14.7 Å². The number of likely N-dealkylation sites (N-methyl/N-ethyl adjacent to an activating group) is 1. The Hall–Kier alpha value is -2.02. The molecule has 0 aliphatic rings. The molecule has 1 aromatic heterocycles. The SMILES string of the molecule is COc1ccc(C(C)(C)C)cc1C(O)(CN(C)C)c1nc2c(F)cccc2s1. The Morgan fingerprint density at radius 1 is 1.18 bits per heavy atom. The van der Waals surface area contributed by atoms with Crippen molar-refractivity contribution in [2.45, 2.75) is 31.8 Å². The third-order valence-corrected chi connectivity index (χ3v) is 5.95. The van der Waals surface area contributed by atoms with E-state index in [0.29, 0.717) is 27.6 Å². The fraction of sp³-hybridized carbons (Fsp3) is 0.409. The molecule has 3 rings (SSSR count). The molecule has 0 radical (unpaired) electrons. The second-order valence-corrected chi connectivity index (χ2v) is 9.40. The number of para-hydroxylation sites is 1. The second-order valence-electron chi connectivity index (χ2n) is 8.37. The van der Waals surface area contributed by atoms with Gasteiger partial charge >= 0.3 is 0 Å². The number of halogens is 1. The number of methoxy groups -OCH3 is 1. The molecular weight excluding hydrogens is 375 g/mol. The third kappa shape index (κ3) is 3.77. The van der Waals surface area contributed by atoms with E-state index in [1.54, 1.807) is 13.2 Å². The Labute approximate surface area is 169 Å². The summed E-state index contributed by atoms with van der Waals surface area (Å²) >= 11 is 1.30. The highest BCUT2D eigenvalue weighted by molar-refractivity contribution is 7.18. The molecule has 4 nitrogen and oxygen atoms in total. The highest BCUT2D eigenvalue weighted by Crippen LogP contribution is 2.41. The van der Waals surface area contributed by atoms with Crippen LogP contribution in [0.3, 0.4) is 0 Å². The van der Waals surface area contributed by atoms with Gasteiger partial charge in [-0.2, -0.15) is 0 Å². The third-order valence-electron chi connectivity index (χ3n) is 4.78. The Morgan fingerprint density at radius 3 is 2.46 bits per heavy atom. The summed E-state index contributed by atoms with van der Waals surface area (Å²) < 4.78 is 20.5. The van der Waals surface area contributed by atoms with Crippen molar-refractivity contribution < 1.29 is 14.2 Å². The van der Waals surface area contributed by atoms with Crippen molar-refractivity contribution in [2.75, 3.05) is 27.7 Å². The van der Waals surface area contributed by atoms with E-state index in [4.69, 9.17) is 4.74 Å². The van der Waals surface area contributed by atoms with E-state index in [0.717, 1.165) is 5.56 Å². The largest absolute Gasteiger partial charge is 0.496 e. The molecule has 0 saturated heterocycles. The lowest BCUT2D eigenvalue weighted by Crippen LogP contribution is -2.39. The lowest BCUT2D eigenvalue weighted by Gasteiger charge is -2.32. The Bertz CT molecular complexity index is 994. The zero-order chi connectivity index (χ0) is 20.7. The molecule has 0 aliphatic carbocycles. The van der Waals surface area contributed by atoms with Gasteiger partial charge in [0.1, 0.15) is 22.1 Å². The maximum Gasteiger partial charge on any atom is 0.157 e. The molecule has 0 bridgehead atoms. The van der Waals surface area contributed by atoms with Gasteiger partial charge in [-0.15, -0.1) is 11.3 Å². The van der Waals surface area contributed by atoms with Crippen molar-refractivity contribution in [1.29, 1.82) is 0 Å². The van der Waals surface area contributed by atoms with Crippen molar-refractivity contribution in [1.82, 2.24) is 9.88 Å². The van der Waals surface area contributed by atoms with Crippen molar-refractivity contribution in [3.63, 3.8) is 0 Å². The standard InChI is InChI=1S/C22H27FN2O2S/c1-21(2,3)14-10-11-17(27-6)15(12-14)22(26,13-25(4)5)20-24-19-16(23)8-7-9-18(19)28-20/h7-12,26H,13H2,1-6H3. The lowest BCUT2D eigenvalue weighted by molar-refractivity contribution is 0.0488. The highest BCUT2D eigenvalue weighted by atomic mass is 32.1. The van der Waals surface area contributed by atoms with Gasteiger partial charge in [0.15, 0.2) is 5.60 Å². The Morgan fingerprint density at radius 2 is 1.89 bits per heavy atom. The summed E-state index contributed by atoms with van der Waals surface area (Å²) in [4.78, 5) is 6.39. The lowest BCUT2D eigenvalue weighted by atomic mass is 9.83. The summed E-state index contributed by atoms with van der Waals surface area (Å²) in [5.74, 6) is 0.194. The molecule has 0 spiro atoms. The number of ether oxygens (including phenoxy) is 1. The van der Waals surface area contributed by atoms with Crippen LogP contribution in [0.4, 0.5) is 4.39 Å². The zero-order valence-electron chi connectivity index (χ0n) is 17.2. The van der Waals surface area contributed by atoms with E-state index in [9.17, 15) is 9.50 Å². The molecule has 6 heteroatoms. The molecular formula is C22H27FN2O2S. The number of nitrogens with zero attached hydrogens (tertiary/aromatic N) is 2. The number of benzene rings is 2. The molecule has 2 aromatic carbocycles. The number of hydrogen-bond donors (Lipinski definition) is 1. The number of hydrogen-bond acceptors (Lipinski definition) is 5. The van der Waals surface area contributed by atoms with Crippen LogP contribution in [0.1, 0.15) is 36.9 Å². The number of rotatable bonds is 5. The monoisotopic (exact) mass is 402 g/mol. The molecule has 150 valence electrons. The molecule has 0 saturated carbocycles. The molecule has 1 atom stereocenters. The van der Waals surface area contributed by atoms with E-state index in [1.165, 1.54) is 17.4 Å². The fourth-order valence-electron chi connectivity index (χ4n) is 3.32. The van der Waals surface area contributed by atoms with E-state index >= 15 is 0 Å². The van der Waals surface area contributed by atoms with Crippen LogP contribution in [0, 0.1) is 5.82 Å². The Balaban J connectivity index is 2.28. The van der Waals surface area contributed by atoms with Gasteiger partial charge in [-0.05, 0) is 49.3 Å². The predicted octanol–water partition coefficient (Wildman–Crippen LogP) is 4.54. The number of thiazole rings is 1. The van der Waals surface area contributed by atoms with E-state index in [-0.39, 0.29) is 16.7 Å². The summed E-state index contributed by atoms with van der Waals surface area (Å²) in [6.07, 6.45) is 0. The van der Waals surface area contributed by atoms with Crippen LogP contribution in [0.25, 0.3) is 10.2 Å². The quantitative estimate of drug-likeness (QED) is 0.681. The van der Waals surface area contributed by atoms with Gasteiger partial charge in [0, 0.05) is 12.1 Å². The second kappa shape index (κ2) is 7.43. The maximum absolute atomic E-state index is 14.2. The van der Waals surface area contributed by atoms with Crippen LogP contribution in [0.5, 0.6) is 5.75 Å². The van der Waals surface area contributed by atoms with Crippen LogP contribution >= 0.6 is 11.3 Å². The molecule has 28 heavy (non-hydrogen) atoms. The van der Waals surface area contributed by atoms with Gasteiger partial charge in [-0.1, -0.05) is 32.9 Å². The van der Waals surface area contributed by atoms with E-state index < -0.39 is 5.60 Å². The van der Waals surface area contributed by atoms with Crippen LogP contribution < -0.4 is 4.74 Å². The molecule has 1 unspecified atom stereocenters. The van der Waals surface area contributed by atoms with E-state index in [1.807, 2.05) is 43.3 Å². The summed E-state index contributed by atoms with van der Waals surface area (Å²) in [6, 6.07) is 10.7. The first-order valence-electron chi connectivity index (χ1n) is 9.18. The van der Waals surface area contributed by atoms with Gasteiger partial charge in [-0.25, -0.2) is 9.37 Å². The summed E-state index contributed by atoms with van der Waals surface area (Å²) in [7, 11) is 5.36. The number of aromatic nitrogens is 1. The van der Waals surface area contributed by atoms with Crippen molar-refractivity contribution in [3.8, 4) is 5.75 Å². The molecule has 0 fully saturated rings. The molecule has 1 N–H and O–H groups in total. The summed E-state index contributed by atoms with van der Waals surface area (Å²) in [6.45, 7) is 6.66. The molecule has 1 heterocycles. The predicted molar refractivity (Wildman–Crippen MR) is 113 cm³/mol. The molecule has 0 amide bonds.